The van der Waals surface area contributed by atoms with Crippen LogP contribution in [0, 0.1) is 0 Å². The molecule has 0 aliphatic heterocycles. The number of carbonyl (C=O) groups excluding carboxylic acids is 1. The Balaban J connectivity index is 3.55. The van der Waals surface area contributed by atoms with Crippen molar-refractivity contribution in [1.29, 1.82) is 0 Å². The van der Waals surface area contributed by atoms with Gasteiger partial charge in [0.2, 0.25) is 0 Å². The van der Waals surface area contributed by atoms with E-state index in [1.807, 2.05) is 0 Å². The fourth-order valence-electron chi connectivity index (χ4n) is 5.74. The van der Waals surface area contributed by atoms with Crippen LogP contribution < -0.4 is 0 Å². The molecule has 0 fully saturated rings. The smallest absolute Gasteiger partial charge is 0.306 e. The summed E-state index contributed by atoms with van der Waals surface area (Å²) < 4.78 is 11.1. The summed E-state index contributed by atoms with van der Waals surface area (Å²) >= 11 is 0. The third-order valence-corrected chi connectivity index (χ3v) is 8.95. The predicted octanol–water partition coefficient (Wildman–Crippen LogP) is 14.4. The minimum Gasteiger partial charge on any atom is -0.457 e. The van der Waals surface area contributed by atoms with Crippen molar-refractivity contribution >= 4 is 5.97 Å². The Morgan fingerprint density at radius 1 is 0.481 bits per heavy atom. The topological polar surface area (TPSA) is 55.8 Å². The first-order valence-electron chi connectivity index (χ1n) is 21.7. The molecule has 4 nitrogen and oxygen atoms in total. The van der Waals surface area contributed by atoms with Gasteiger partial charge in [0.25, 0.3) is 0 Å². The Bertz CT molecular complexity index is 938. The SMILES string of the molecule is CC/C=C\C/C=C\C/C=C\C/C=C\C/C=C\C/C=C\CCCCCOCC(CO)OC(=O)CCCCCCCCC/C=C\CCCCCCCCC. The van der Waals surface area contributed by atoms with Crippen LogP contribution in [0.15, 0.2) is 85.1 Å². The molecule has 0 aromatic carbocycles. The lowest BCUT2D eigenvalue weighted by molar-refractivity contribution is -0.154. The zero-order valence-electron chi connectivity index (χ0n) is 34.0. The van der Waals surface area contributed by atoms with Gasteiger partial charge in [0.05, 0.1) is 13.2 Å². The number of hydrogen-bond donors (Lipinski definition) is 1. The van der Waals surface area contributed by atoms with E-state index >= 15 is 0 Å². The van der Waals surface area contributed by atoms with Gasteiger partial charge in [-0.1, -0.05) is 176 Å². The van der Waals surface area contributed by atoms with E-state index in [1.165, 1.54) is 89.9 Å². The van der Waals surface area contributed by atoms with Gasteiger partial charge in [-0.05, 0) is 89.9 Å². The Labute approximate surface area is 322 Å². The maximum absolute atomic E-state index is 12.2. The molecule has 298 valence electrons. The van der Waals surface area contributed by atoms with Crippen LogP contribution in [-0.2, 0) is 14.3 Å². The number of esters is 1. The van der Waals surface area contributed by atoms with Crippen molar-refractivity contribution in [3.05, 3.63) is 85.1 Å². The van der Waals surface area contributed by atoms with Gasteiger partial charge < -0.3 is 14.6 Å². The van der Waals surface area contributed by atoms with E-state index in [2.05, 4.69) is 98.9 Å². The van der Waals surface area contributed by atoms with Gasteiger partial charge in [0, 0.05) is 13.0 Å². The Morgan fingerprint density at radius 3 is 1.33 bits per heavy atom. The summed E-state index contributed by atoms with van der Waals surface area (Å²) in [6.07, 6.45) is 62.1. The standard InChI is InChI=1S/C48H82O4/c1-3-5-7-9-11-13-15-17-19-21-23-24-25-26-28-30-32-34-36-38-40-42-44-51-46-47(45-49)52-48(50)43-41-39-37-35-33-31-29-27-22-20-18-16-14-12-10-8-6-4-2/h5,7,11,13,17,19-20,22-24,26,28,32,34,47,49H,3-4,6,8-10,12,14-16,18,21,25,27,29-31,33,35-46H2,1-2H3/b7-5-,13-11-,19-17-,22-20-,24-23-,28-26-,34-32-. The van der Waals surface area contributed by atoms with Gasteiger partial charge in [-0.3, -0.25) is 4.79 Å². The van der Waals surface area contributed by atoms with Crippen molar-refractivity contribution in [3.63, 3.8) is 0 Å². The van der Waals surface area contributed by atoms with Crippen LogP contribution in [0.3, 0.4) is 0 Å². The van der Waals surface area contributed by atoms with Crippen LogP contribution >= 0.6 is 0 Å². The van der Waals surface area contributed by atoms with E-state index in [9.17, 15) is 9.90 Å². The van der Waals surface area contributed by atoms with Crippen molar-refractivity contribution < 1.29 is 19.4 Å². The molecule has 0 rings (SSSR count). The molecular formula is C48H82O4. The van der Waals surface area contributed by atoms with Gasteiger partial charge >= 0.3 is 5.97 Å². The fourth-order valence-corrected chi connectivity index (χ4v) is 5.74. The average Bonchev–Trinajstić information content (AvgIpc) is 3.15. The van der Waals surface area contributed by atoms with Crippen LogP contribution in [0.2, 0.25) is 0 Å². The summed E-state index contributed by atoms with van der Waals surface area (Å²) in [4.78, 5) is 12.2. The molecule has 0 amide bonds. The van der Waals surface area contributed by atoms with Crippen molar-refractivity contribution in [3.8, 4) is 0 Å². The number of hydrogen-bond acceptors (Lipinski definition) is 4. The highest BCUT2D eigenvalue weighted by atomic mass is 16.6. The Kier molecular flexibility index (Phi) is 42.6. The molecule has 0 aliphatic carbocycles. The molecule has 0 saturated carbocycles. The minimum absolute atomic E-state index is 0.192. The van der Waals surface area contributed by atoms with E-state index in [0.29, 0.717) is 13.0 Å². The van der Waals surface area contributed by atoms with Crippen LogP contribution in [0.5, 0.6) is 0 Å². The molecule has 52 heavy (non-hydrogen) atoms. The molecule has 4 heteroatoms. The highest BCUT2D eigenvalue weighted by Crippen LogP contribution is 2.12. The van der Waals surface area contributed by atoms with Gasteiger partial charge in [-0.2, -0.15) is 0 Å². The summed E-state index contributed by atoms with van der Waals surface area (Å²) in [5, 5.41) is 9.60. The van der Waals surface area contributed by atoms with Crippen LogP contribution in [-0.4, -0.2) is 37.0 Å². The first kappa shape index (κ1) is 49.6. The second-order valence-corrected chi connectivity index (χ2v) is 14.0. The van der Waals surface area contributed by atoms with Crippen LogP contribution in [0.25, 0.3) is 0 Å². The van der Waals surface area contributed by atoms with E-state index < -0.39 is 6.10 Å². The summed E-state index contributed by atoms with van der Waals surface area (Å²) in [7, 11) is 0. The molecule has 1 atom stereocenters. The number of unbranched alkanes of at least 4 members (excludes halogenated alkanes) is 17. The van der Waals surface area contributed by atoms with Crippen LogP contribution in [0.1, 0.15) is 187 Å². The first-order chi connectivity index (χ1) is 25.7. The molecule has 0 radical (unpaired) electrons. The number of aliphatic hydroxyl groups excluding tert-OH is 1. The van der Waals surface area contributed by atoms with Crippen molar-refractivity contribution in [2.75, 3.05) is 19.8 Å². The summed E-state index contributed by atoms with van der Waals surface area (Å²) in [5.74, 6) is -0.220. The van der Waals surface area contributed by atoms with E-state index in [-0.39, 0.29) is 19.2 Å². The first-order valence-corrected chi connectivity index (χ1v) is 21.7. The minimum atomic E-state index is -0.559. The molecule has 0 aliphatic rings. The monoisotopic (exact) mass is 723 g/mol. The second-order valence-electron chi connectivity index (χ2n) is 14.0. The second kappa shape index (κ2) is 44.7. The molecule has 1 N–H and O–H groups in total. The largest absolute Gasteiger partial charge is 0.457 e. The quantitative estimate of drug-likeness (QED) is 0.0390. The van der Waals surface area contributed by atoms with Crippen molar-refractivity contribution in [2.24, 2.45) is 0 Å². The van der Waals surface area contributed by atoms with Gasteiger partial charge in [0.15, 0.2) is 0 Å². The molecule has 0 spiro atoms. The summed E-state index contributed by atoms with van der Waals surface area (Å²) in [5.41, 5.74) is 0. The number of rotatable bonds is 39. The lowest BCUT2D eigenvalue weighted by Crippen LogP contribution is -2.27. The maximum Gasteiger partial charge on any atom is 0.306 e. The zero-order valence-corrected chi connectivity index (χ0v) is 34.0. The molecule has 0 saturated heterocycles. The third kappa shape index (κ3) is 42.0. The average molecular weight is 723 g/mol. The normalized spacial score (nSPS) is 13.2. The number of ether oxygens (including phenoxy) is 2. The predicted molar refractivity (Wildman–Crippen MR) is 228 cm³/mol. The van der Waals surface area contributed by atoms with Gasteiger partial charge in [0.1, 0.15) is 6.10 Å². The maximum atomic E-state index is 12.2. The highest BCUT2D eigenvalue weighted by Gasteiger charge is 2.13. The summed E-state index contributed by atoms with van der Waals surface area (Å²) in [6, 6.07) is 0. The molecule has 0 bridgehead atoms. The molecular weight excluding hydrogens is 641 g/mol. The van der Waals surface area contributed by atoms with Crippen LogP contribution in [0.4, 0.5) is 0 Å². The number of carbonyl (C=O) groups is 1. The highest BCUT2D eigenvalue weighted by molar-refractivity contribution is 5.69. The molecule has 0 aromatic rings. The zero-order chi connectivity index (χ0) is 37.7. The lowest BCUT2D eigenvalue weighted by atomic mass is 10.1. The van der Waals surface area contributed by atoms with Gasteiger partial charge in [-0.25, -0.2) is 0 Å². The number of aliphatic hydroxyl groups is 1. The molecule has 0 aromatic heterocycles. The van der Waals surface area contributed by atoms with Gasteiger partial charge in [-0.15, -0.1) is 0 Å². The Hall–Kier alpha value is -2.43. The Morgan fingerprint density at radius 2 is 0.865 bits per heavy atom. The molecule has 0 heterocycles. The van der Waals surface area contributed by atoms with E-state index in [1.54, 1.807) is 0 Å². The van der Waals surface area contributed by atoms with Crippen molar-refractivity contribution in [1.82, 2.24) is 0 Å². The summed E-state index contributed by atoms with van der Waals surface area (Å²) in [6.45, 7) is 5.14. The third-order valence-electron chi connectivity index (χ3n) is 8.95. The van der Waals surface area contributed by atoms with E-state index in [4.69, 9.17) is 9.47 Å². The fraction of sp³-hybridized carbons (Fsp3) is 0.688. The van der Waals surface area contributed by atoms with E-state index in [0.717, 1.165) is 77.0 Å². The number of allylic oxidation sites excluding steroid dienone is 14. The molecule has 1 unspecified atom stereocenters. The van der Waals surface area contributed by atoms with Crippen molar-refractivity contribution in [2.45, 2.75) is 193 Å². The lowest BCUT2D eigenvalue weighted by Gasteiger charge is -2.15.